The Balaban J connectivity index is 1.36. The molecule has 2 aromatic carbocycles. The number of hydrogen-bond acceptors (Lipinski definition) is 5. The number of hydrogen-bond donors (Lipinski definition) is 0. The zero-order valence-corrected chi connectivity index (χ0v) is 16.2. The van der Waals surface area contributed by atoms with Crippen molar-refractivity contribution in [2.45, 2.75) is 6.54 Å². The summed E-state index contributed by atoms with van der Waals surface area (Å²) in [5.74, 6) is 0.749. The van der Waals surface area contributed by atoms with Crippen LogP contribution in [0, 0.1) is 5.82 Å². The van der Waals surface area contributed by atoms with Crippen LogP contribution in [0.3, 0.4) is 0 Å². The lowest BCUT2D eigenvalue weighted by Crippen LogP contribution is -2.48. The van der Waals surface area contributed by atoms with Gasteiger partial charge in [-0.2, -0.15) is 0 Å². The van der Waals surface area contributed by atoms with Gasteiger partial charge in [0.2, 0.25) is 0 Å². The molecule has 0 atom stereocenters. The highest BCUT2D eigenvalue weighted by Crippen LogP contribution is 2.29. The van der Waals surface area contributed by atoms with Crippen LogP contribution in [0.2, 0.25) is 0 Å². The second-order valence-corrected chi connectivity index (χ2v) is 6.93. The maximum atomic E-state index is 13.9. The number of ether oxygens (including phenoxy) is 1. The van der Waals surface area contributed by atoms with Crippen molar-refractivity contribution in [3.05, 3.63) is 71.7 Å². The SMILES string of the molecule is COc1ccccc1-c1cc(CN2CCN(C(=O)c3ccccc3F)CC2)on1. The van der Waals surface area contributed by atoms with Gasteiger partial charge >= 0.3 is 0 Å². The molecule has 1 aliphatic heterocycles. The number of rotatable bonds is 5. The van der Waals surface area contributed by atoms with Crippen LogP contribution in [0.1, 0.15) is 16.1 Å². The van der Waals surface area contributed by atoms with E-state index in [0.29, 0.717) is 32.7 Å². The molecule has 29 heavy (non-hydrogen) atoms. The fourth-order valence-electron chi connectivity index (χ4n) is 3.51. The van der Waals surface area contributed by atoms with E-state index in [1.807, 2.05) is 30.3 Å². The first-order valence-corrected chi connectivity index (χ1v) is 9.51. The second-order valence-electron chi connectivity index (χ2n) is 6.93. The van der Waals surface area contributed by atoms with Gasteiger partial charge in [0.1, 0.15) is 17.3 Å². The molecule has 0 saturated carbocycles. The molecule has 0 unspecified atom stereocenters. The van der Waals surface area contributed by atoms with E-state index in [-0.39, 0.29) is 11.5 Å². The predicted molar refractivity (Wildman–Crippen MR) is 106 cm³/mol. The van der Waals surface area contributed by atoms with Crippen LogP contribution in [0.5, 0.6) is 5.75 Å². The van der Waals surface area contributed by atoms with Gasteiger partial charge in [0.05, 0.1) is 19.2 Å². The monoisotopic (exact) mass is 395 g/mol. The van der Waals surface area contributed by atoms with Crippen LogP contribution < -0.4 is 4.74 Å². The average Bonchev–Trinajstić information content (AvgIpc) is 3.22. The first-order valence-electron chi connectivity index (χ1n) is 9.51. The Morgan fingerprint density at radius 2 is 1.83 bits per heavy atom. The maximum Gasteiger partial charge on any atom is 0.256 e. The van der Waals surface area contributed by atoms with Crippen LogP contribution in [-0.2, 0) is 6.54 Å². The molecule has 150 valence electrons. The summed E-state index contributed by atoms with van der Waals surface area (Å²) in [4.78, 5) is 16.4. The molecule has 7 heteroatoms. The van der Waals surface area contributed by atoms with Crippen LogP contribution >= 0.6 is 0 Å². The van der Waals surface area contributed by atoms with E-state index in [4.69, 9.17) is 9.26 Å². The Bertz CT molecular complexity index is 996. The molecule has 1 aliphatic rings. The molecule has 0 radical (unpaired) electrons. The molecule has 6 nitrogen and oxygen atoms in total. The predicted octanol–water partition coefficient (Wildman–Crippen LogP) is 3.45. The minimum Gasteiger partial charge on any atom is -0.496 e. The van der Waals surface area contributed by atoms with Crippen LogP contribution in [0.4, 0.5) is 4.39 Å². The number of aromatic nitrogens is 1. The van der Waals surface area contributed by atoms with Crippen LogP contribution in [0.25, 0.3) is 11.3 Å². The van der Waals surface area contributed by atoms with Crippen LogP contribution in [0.15, 0.2) is 59.1 Å². The highest BCUT2D eigenvalue weighted by molar-refractivity contribution is 5.94. The zero-order chi connectivity index (χ0) is 20.2. The molecule has 0 bridgehead atoms. The third kappa shape index (κ3) is 4.14. The number of benzene rings is 2. The summed E-state index contributed by atoms with van der Waals surface area (Å²) in [5, 5.41) is 4.17. The Labute approximate surface area is 168 Å². The lowest BCUT2D eigenvalue weighted by molar-refractivity contribution is 0.0613. The van der Waals surface area contributed by atoms with Gasteiger partial charge in [-0.15, -0.1) is 0 Å². The Morgan fingerprint density at radius 1 is 1.10 bits per heavy atom. The van der Waals surface area contributed by atoms with E-state index in [9.17, 15) is 9.18 Å². The number of nitrogens with zero attached hydrogens (tertiary/aromatic N) is 3. The normalized spacial score (nSPS) is 14.8. The van der Waals surface area contributed by atoms with Crippen molar-refractivity contribution in [2.75, 3.05) is 33.3 Å². The van der Waals surface area contributed by atoms with Crippen molar-refractivity contribution in [2.24, 2.45) is 0 Å². The minimum atomic E-state index is -0.481. The van der Waals surface area contributed by atoms with Gasteiger partial charge < -0.3 is 14.2 Å². The summed E-state index contributed by atoms with van der Waals surface area (Å²) >= 11 is 0. The molecule has 0 N–H and O–H groups in total. The van der Waals surface area contributed by atoms with Crippen molar-refractivity contribution in [3.8, 4) is 17.0 Å². The van der Waals surface area contributed by atoms with Gasteiger partial charge in [-0.05, 0) is 24.3 Å². The summed E-state index contributed by atoms with van der Waals surface area (Å²) in [6.45, 7) is 3.06. The average molecular weight is 395 g/mol. The summed E-state index contributed by atoms with van der Waals surface area (Å²) < 4.78 is 24.8. The largest absolute Gasteiger partial charge is 0.496 e. The molecule has 0 aliphatic carbocycles. The maximum absolute atomic E-state index is 13.9. The quantitative estimate of drug-likeness (QED) is 0.662. The molecular formula is C22H22FN3O3. The number of amides is 1. The molecular weight excluding hydrogens is 373 g/mol. The summed E-state index contributed by atoms with van der Waals surface area (Å²) in [5.41, 5.74) is 1.73. The van der Waals surface area contributed by atoms with Crippen molar-refractivity contribution in [3.63, 3.8) is 0 Å². The Morgan fingerprint density at radius 3 is 2.59 bits per heavy atom. The molecule has 1 fully saturated rings. The molecule has 3 aromatic rings. The molecule has 1 amide bonds. The van der Waals surface area contributed by atoms with E-state index < -0.39 is 5.82 Å². The number of carbonyl (C=O) groups is 1. The highest BCUT2D eigenvalue weighted by atomic mass is 19.1. The van der Waals surface area contributed by atoms with Crippen LogP contribution in [-0.4, -0.2) is 54.2 Å². The van der Waals surface area contributed by atoms with Gasteiger partial charge in [0.15, 0.2) is 5.76 Å². The Hall–Kier alpha value is -3.19. The summed E-state index contributed by atoms with van der Waals surface area (Å²) in [7, 11) is 1.63. The minimum absolute atomic E-state index is 0.123. The van der Waals surface area contributed by atoms with Gasteiger partial charge in [0.25, 0.3) is 5.91 Å². The topological polar surface area (TPSA) is 58.8 Å². The fraction of sp³-hybridized carbons (Fsp3) is 0.273. The van der Waals surface area contributed by atoms with Gasteiger partial charge in [-0.25, -0.2) is 4.39 Å². The van der Waals surface area contributed by atoms with Crippen molar-refractivity contribution < 1.29 is 18.4 Å². The number of halogens is 1. The highest BCUT2D eigenvalue weighted by Gasteiger charge is 2.24. The van der Waals surface area contributed by atoms with Crippen molar-refractivity contribution in [1.82, 2.24) is 15.0 Å². The zero-order valence-electron chi connectivity index (χ0n) is 16.2. The summed E-state index contributed by atoms with van der Waals surface area (Å²) in [6.07, 6.45) is 0. The standard InChI is InChI=1S/C22H22FN3O3/c1-28-21-9-5-3-7-18(21)20-14-16(29-24-20)15-25-10-12-26(13-11-25)22(27)17-6-2-4-8-19(17)23/h2-9,14H,10-13,15H2,1H3. The van der Waals surface area contributed by atoms with Gasteiger partial charge in [-0.3, -0.25) is 9.69 Å². The number of piperazine rings is 1. The third-order valence-electron chi connectivity index (χ3n) is 5.09. The van der Waals surface area contributed by atoms with Gasteiger partial charge in [0, 0.05) is 37.8 Å². The van der Waals surface area contributed by atoms with E-state index in [1.54, 1.807) is 24.1 Å². The Kier molecular flexibility index (Phi) is 5.57. The van der Waals surface area contributed by atoms with Crippen molar-refractivity contribution in [1.29, 1.82) is 0 Å². The smallest absolute Gasteiger partial charge is 0.256 e. The van der Waals surface area contributed by atoms with E-state index in [2.05, 4.69) is 10.1 Å². The molecule has 4 rings (SSSR count). The fourth-order valence-corrected chi connectivity index (χ4v) is 3.51. The van der Waals surface area contributed by atoms with Gasteiger partial charge in [-0.1, -0.05) is 29.4 Å². The first kappa shape index (κ1) is 19.1. The lowest BCUT2D eigenvalue weighted by Gasteiger charge is -2.34. The number of carbonyl (C=O) groups excluding carboxylic acids is 1. The lowest BCUT2D eigenvalue weighted by atomic mass is 10.1. The molecule has 2 heterocycles. The first-order chi connectivity index (χ1) is 14.2. The van der Waals surface area contributed by atoms with Crippen molar-refractivity contribution >= 4 is 5.91 Å². The second kappa shape index (κ2) is 8.45. The molecule has 0 spiro atoms. The van der Waals surface area contributed by atoms with E-state index in [1.165, 1.54) is 12.1 Å². The van der Waals surface area contributed by atoms with E-state index in [0.717, 1.165) is 22.8 Å². The number of para-hydroxylation sites is 1. The van der Waals surface area contributed by atoms with E-state index >= 15 is 0 Å². The third-order valence-corrected chi connectivity index (χ3v) is 5.09. The summed E-state index contributed by atoms with van der Waals surface area (Å²) in [6, 6.07) is 15.7. The molecule has 1 saturated heterocycles. The molecule has 1 aromatic heterocycles. The number of methoxy groups -OCH3 is 1.